The molecule has 0 saturated carbocycles. The van der Waals surface area contributed by atoms with E-state index in [2.05, 4.69) is 16.9 Å². The summed E-state index contributed by atoms with van der Waals surface area (Å²) in [4.78, 5) is 0.259. The van der Waals surface area contributed by atoms with Crippen LogP contribution < -0.4 is 10.5 Å². The van der Waals surface area contributed by atoms with Gasteiger partial charge in [-0.1, -0.05) is 35.4 Å². The first-order valence-electron chi connectivity index (χ1n) is 4.55. The number of nitrogens with two attached hydrogens (primary N) is 1. The van der Waals surface area contributed by atoms with E-state index in [0.717, 1.165) is 0 Å². The fourth-order valence-corrected chi connectivity index (χ4v) is 2.93. The van der Waals surface area contributed by atoms with Crippen molar-refractivity contribution in [2.24, 2.45) is 5.73 Å². The zero-order chi connectivity index (χ0) is 13.1. The van der Waals surface area contributed by atoms with Crippen molar-refractivity contribution in [2.75, 3.05) is 6.54 Å². The van der Waals surface area contributed by atoms with Gasteiger partial charge in [-0.25, -0.2) is 13.1 Å². The Bertz CT molecular complexity index is 512. The Morgan fingerprint density at radius 3 is 2.29 bits per heavy atom. The Balaban J connectivity index is 2.86. The number of hydrogen-bond donors (Lipinski definition) is 2. The van der Waals surface area contributed by atoms with E-state index in [4.69, 9.17) is 28.9 Å². The fourth-order valence-electron chi connectivity index (χ4n) is 1.08. The summed E-state index contributed by atoms with van der Waals surface area (Å²) >= 11 is 16.1. The number of nitrogens with one attached hydrogen (secondary N) is 1. The highest BCUT2D eigenvalue weighted by Crippen LogP contribution is 2.22. The van der Waals surface area contributed by atoms with Crippen LogP contribution in [0.25, 0.3) is 0 Å². The van der Waals surface area contributed by atoms with E-state index < -0.39 is 10.0 Å². The molecule has 0 spiro atoms. The van der Waals surface area contributed by atoms with Gasteiger partial charge in [0.1, 0.15) is 0 Å². The smallest absolute Gasteiger partial charge is 0.240 e. The molecule has 0 atom stereocenters. The molecule has 17 heavy (non-hydrogen) atoms. The zero-order valence-corrected chi connectivity index (χ0v) is 11.8. The van der Waals surface area contributed by atoms with Gasteiger partial charge in [-0.3, -0.25) is 0 Å². The SMILES string of the molecule is NC(=S)CCNS(=O)(=O)c1cc(Cl)cc(Cl)c1. The first kappa shape index (κ1) is 14.7. The van der Waals surface area contributed by atoms with Gasteiger partial charge in [-0.05, 0) is 18.2 Å². The van der Waals surface area contributed by atoms with Gasteiger partial charge >= 0.3 is 0 Å². The maximum atomic E-state index is 11.8. The second-order valence-electron chi connectivity index (χ2n) is 3.22. The van der Waals surface area contributed by atoms with Crippen molar-refractivity contribution >= 4 is 50.4 Å². The van der Waals surface area contributed by atoms with Crippen molar-refractivity contribution in [1.82, 2.24) is 4.72 Å². The van der Waals surface area contributed by atoms with Crippen molar-refractivity contribution in [3.63, 3.8) is 0 Å². The standard InChI is InChI=1S/C9H10Cl2N2O2S2/c10-6-3-7(11)5-8(4-6)17(14,15)13-2-1-9(12)16/h3-5,13H,1-2H2,(H2,12,16). The average Bonchev–Trinajstić information content (AvgIpc) is 2.14. The van der Waals surface area contributed by atoms with Crippen LogP contribution in [0, 0.1) is 0 Å². The Morgan fingerprint density at radius 2 is 1.82 bits per heavy atom. The quantitative estimate of drug-likeness (QED) is 0.815. The van der Waals surface area contributed by atoms with Gasteiger partial charge in [0.2, 0.25) is 10.0 Å². The van der Waals surface area contributed by atoms with Gasteiger partial charge < -0.3 is 5.73 Å². The lowest BCUT2D eigenvalue weighted by Gasteiger charge is -2.07. The van der Waals surface area contributed by atoms with Crippen molar-refractivity contribution in [1.29, 1.82) is 0 Å². The van der Waals surface area contributed by atoms with Gasteiger partial charge in [0, 0.05) is 23.0 Å². The predicted octanol–water partition coefficient (Wildman–Crippen LogP) is 1.95. The van der Waals surface area contributed by atoms with Crippen LogP contribution in [-0.2, 0) is 10.0 Å². The molecule has 0 amide bonds. The van der Waals surface area contributed by atoms with Crippen LogP contribution in [0.3, 0.4) is 0 Å². The third kappa shape index (κ3) is 4.77. The highest BCUT2D eigenvalue weighted by atomic mass is 35.5. The highest BCUT2D eigenvalue weighted by Gasteiger charge is 2.14. The minimum Gasteiger partial charge on any atom is -0.393 e. The zero-order valence-electron chi connectivity index (χ0n) is 8.61. The molecule has 0 saturated heterocycles. The molecule has 0 fully saturated rings. The average molecular weight is 313 g/mol. The van der Waals surface area contributed by atoms with Crippen LogP contribution in [0.5, 0.6) is 0 Å². The van der Waals surface area contributed by atoms with Gasteiger partial charge in [0.15, 0.2) is 0 Å². The molecule has 1 aromatic carbocycles. The molecule has 8 heteroatoms. The number of sulfonamides is 1. The molecule has 0 unspecified atom stereocenters. The van der Waals surface area contributed by atoms with Gasteiger partial charge in [-0.15, -0.1) is 0 Å². The summed E-state index contributed by atoms with van der Waals surface area (Å²) in [7, 11) is -3.64. The van der Waals surface area contributed by atoms with Crippen molar-refractivity contribution < 1.29 is 8.42 Å². The van der Waals surface area contributed by atoms with Crippen LogP contribution in [0.1, 0.15) is 6.42 Å². The lowest BCUT2D eigenvalue weighted by Crippen LogP contribution is -2.27. The lowest BCUT2D eigenvalue weighted by molar-refractivity contribution is 0.583. The Kier molecular flexibility index (Phi) is 5.15. The second kappa shape index (κ2) is 5.97. The Labute approximate surface area is 115 Å². The van der Waals surface area contributed by atoms with Gasteiger partial charge in [-0.2, -0.15) is 0 Å². The molecule has 0 heterocycles. The number of thiocarbonyl (C=S) groups is 1. The summed E-state index contributed by atoms with van der Waals surface area (Å²) in [5.74, 6) is 0. The minimum atomic E-state index is -3.64. The maximum Gasteiger partial charge on any atom is 0.240 e. The van der Waals surface area contributed by atoms with E-state index in [-0.39, 0.29) is 26.5 Å². The lowest BCUT2D eigenvalue weighted by atomic mass is 10.4. The van der Waals surface area contributed by atoms with E-state index in [1.165, 1.54) is 18.2 Å². The van der Waals surface area contributed by atoms with E-state index in [1.54, 1.807) is 0 Å². The van der Waals surface area contributed by atoms with Gasteiger partial charge in [0.25, 0.3) is 0 Å². The molecule has 1 aromatic rings. The second-order valence-corrected chi connectivity index (χ2v) is 6.38. The Hall–Kier alpha value is -0.400. The third-order valence-electron chi connectivity index (χ3n) is 1.81. The molecule has 0 aliphatic heterocycles. The monoisotopic (exact) mass is 312 g/mol. The van der Waals surface area contributed by atoms with E-state index >= 15 is 0 Å². The molecular formula is C9H10Cl2N2O2S2. The topological polar surface area (TPSA) is 72.2 Å². The molecule has 1 rings (SSSR count). The predicted molar refractivity (Wildman–Crippen MR) is 73.1 cm³/mol. The third-order valence-corrected chi connectivity index (χ3v) is 3.89. The molecule has 3 N–H and O–H groups in total. The van der Waals surface area contributed by atoms with E-state index in [0.29, 0.717) is 6.42 Å². The number of rotatable bonds is 5. The maximum absolute atomic E-state index is 11.8. The molecular weight excluding hydrogens is 303 g/mol. The van der Waals surface area contributed by atoms with Crippen molar-refractivity contribution in [3.05, 3.63) is 28.2 Å². The van der Waals surface area contributed by atoms with E-state index in [1.807, 2.05) is 0 Å². The largest absolute Gasteiger partial charge is 0.393 e. The van der Waals surface area contributed by atoms with Crippen LogP contribution in [0.2, 0.25) is 10.0 Å². The minimum absolute atomic E-state index is 0.0120. The highest BCUT2D eigenvalue weighted by molar-refractivity contribution is 7.89. The molecule has 94 valence electrons. The summed E-state index contributed by atoms with van der Waals surface area (Å²) in [6, 6.07) is 4.09. The van der Waals surface area contributed by atoms with E-state index in [9.17, 15) is 8.42 Å². The molecule has 0 aliphatic rings. The van der Waals surface area contributed by atoms with Crippen LogP contribution >= 0.6 is 35.4 Å². The summed E-state index contributed by atoms with van der Waals surface area (Å²) < 4.78 is 26.0. The first-order chi connectivity index (χ1) is 7.81. The molecule has 0 radical (unpaired) electrons. The van der Waals surface area contributed by atoms with Crippen molar-refractivity contribution in [2.45, 2.75) is 11.3 Å². The number of benzene rings is 1. The van der Waals surface area contributed by atoms with Crippen LogP contribution in [0.4, 0.5) is 0 Å². The number of hydrogen-bond acceptors (Lipinski definition) is 3. The fraction of sp³-hybridized carbons (Fsp3) is 0.222. The summed E-state index contributed by atoms with van der Waals surface area (Å²) in [6.45, 7) is 0.141. The first-order valence-corrected chi connectivity index (χ1v) is 7.20. The summed E-state index contributed by atoms with van der Waals surface area (Å²) in [5, 5.41) is 0.513. The summed E-state index contributed by atoms with van der Waals surface area (Å²) in [5.41, 5.74) is 5.26. The normalized spacial score (nSPS) is 11.4. The van der Waals surface area contributed by atoms with Crippen LogP contribution in [-0.4, -0.2) is 20.0 Å². The molecule has 0 aliphatic carbocycles. The van der Waals surface area contributed by atoms with Crippen LogP contribution in [0.15, 0.2) is 23.1 Å². The molecule has 4 nitrogen and oxygen atoms in total. The van der Waals surface area contributed by atoms with Gasteiger partial charge in [0.05, 0.1) is 9.88 Å². The summed E-state index contributed by atoms with van der Waals surface area (Å²) in [6.07, 6.45) is 0.295. The Morgan fingerprint density at radius 1 is 1.29 bits per heavy atom. The number of halogens is 2. The van der Waals surface area contributed by atoms with Crippen molar-refractivity contribution in [3.8, 4) is 0 Å². The molecule has 0 bridgehead atoms. The molecule has 0 aromatic heterocycles.